The molecule has 1 aromatic carbocycles. The SMILES string of the molecule is Cc1ccc(OCC2CCN(C(=O)c3ccc4c(c3)CC(=O)CO4)CC2)c(C)n1. The van der Waals surface area contributed by atoms with Crippen LogP contribution in [0.15, 0.2) is 30.3 Å². The second-order valence-corrected chi connectivity index (χ2v) is 7.91. The van der Waals surface area contributed by atoms with E-state index in [1.807, 2.05) is 30.9 Å². The molecule has 0 spiro atoms. The third kappa shape index (κ3) is 4.42. The number of rotatable bonds is 4. The van der Waals surface area contributed by atoms with Crippen molar-refractivity contribution >= 4 is 11.7 Å². The minimum absolute atomic E-state index is 0.0174. The Morgan fingerprint density at radius 3 is 2.76 bits per heavy atom. The fourth-order valence-electron chi connectivity index (χ4n) is 3.93. The molecule has 0 bridgehead atoms. The molecule has 2 aliphatic rings. The van der Waals surface area contributed by atoms with Crippen molar-refractivity contribution in [2.45, 2.75) is 33.1 Å². The van der Waals surface area contributed by atoms with E-state index < -0.39 is 0 Å². The van der Waals surface area contributed by atoms with Crippen molar-refractivity contribution in [3.05, 3.63) is 52.8 Å². The number of fused-ring (bicyclic) bond motifs is 1. The Morgan fingerprint density at radius 2 is 2.00 bits per heavy atom. The Labute approximate surface area is 170 Å². The molecule has 152 valence electrons. The number of pyridine rings is 1. The summed E-state index contributed by atoms with van der Waals surface area (Å²) in [7, 11) is 0. The van der Waals surface area contributed by atoms with E-state index in [0.717, 1.165) is 35.5 Å². The fourth-order valence-corrected chi connectivity index (χ4v) is 3.93. The van der Waals surface area contributed by atoms with Crippen LogP contribution >= 0.6 is 0 Å². The zero-order valence-corrected chi connectivity index (χ0v) is 16.9. The summed E-state index contributed by atoms with van der Waals surface area (Å²) in [4.78, 5) is 30.8. The van der Waals surface area contributed by atoms with Crippen LogP contribution in [0.1, 0.15) is 40.2 Å². The van der Waals surface area contributed by atoms with Gasteiger partial charge in [-0.15, -0.1) is 0 Å². The highest BCUT2D eigenvalue weighted by Gasteiger charge is 2.26. The minimum Gasteiger partial charge on any atom is -0.491 e. The molecule has 0 saturated carbocycles. The number of ketones is 1. The molecule has 6 nitrogen and oxygen atoms in total. The molecule has 0 unspecified atom stereocenters. The van der Waals surface area contributed by atoms with E-state index in [0.29, 0.717) is 43.3 Å². The molecule has 2 aliphatic heterocycles. The van der Waals surface area contributed by atoms with Crippen LogP contribution in [0.2, 0.25) is 0 Å². The number of ether oxygens (including phenoxy) is 2. The normalized spacial score (nSPS) is 16.9. The average Bonchev–Trinajstić information content (AvgIpc) is 2.72. The molecular weight excluding hydrogens is 368 g/mol. The fraction of sp³-hybridized carbons (Fsp3) is 0.435. The summed E-state index contributed by atoms with van der Waals surface area (Å²) in [5.74, 6) is 2.03. The van der Waals surface area contributed by atoms with Gasteiger partial charge in [0, 0.05) is 36.3 Å². The zero-order valence-electron chi connectivity index (χ0n) is 16.9. The van der Waals surface area contributed by atoms with Gasteiger partial charge in [-0.3, -0.25) is 14.6 Å². The highest BCUT2D eigenvalue weighted by atomic mass is 16.5. The van der Waals surface area contributed by atoms with Gasteiger partial charge in [0.1, 0.15) is 18.1 Å². The Balaban J connectivity index is 1.32. The first-order valence-electron chi connectivity index (χ1n) is 10.1. The summed E-state index contributed by atoms with van der Waals surface area (Å²) in [6, 6.07) is 9.33. The van der Waals surface area contributed by atoms with Gasteiger partial charge in [0.2, 0.25) is 0 Å². The summed E-state index contributed by atoms with van der Waals surface area (Å²) >= 11 is 0. The van der Waals surface area contributed by atoms with E-state index in [1.54, 1.807) is 18.2 Å². The number of benzene rings is 1. The van der Waals surface area contributed by atoms with Crippen LogP contribution < -0.4 is 9.47 Å². The van der Waals surface area contributed by atoms with Gasteiger partial charge in [-0.05, 0) is 62.9 Å². The third-order valence-electron chi connectivity index (χ3n) is 5.64. The quantitative estimate of drug-likeness (QED) is 0.797. The van der Waals surface area contributed by atoms with Gasteiger partial charge in [0.15, 0.2) is 5.78 Å². The van der Waals surface area contributed by atoms with E-state index >= 15 is 0 Å². The number of aryl methyl sites for hydroxylation is 2. The van der Waals surface area contributed by atoms with Crippen molar-refractivity contribution in [2.75, 3.05) is 26.3 Å². The van der Waals surface area contributed by atoms with E-state index in [2.05, 4.69) is 4.98 Å². The first kappa shape index (κ1) is 19.4. The molecule has 0 radical (unpaired) electrons. The molecular formula is C23H26N2O4. The molecule has 29 heavy (non-hydrogen) atoms. The molecule has 1 saturated heterocycles. The number of hydrogen-bond donors (Lipinski definition) is 0. The number of amides is 1. The lowest BCUT2D eigenvalue weighted by atomic mass is 9.96. The summed E-state index contributed by atoms with van der Waals surface area (Å²) < 4.78 is 11.4. The minimum atomic E-state index is 0.0174. The smallest absolute Gasteiger partial charge is 0.253 e. The highest BCUT2D eigenvalue weighted by Crippen LogP contribution is 2.27. The number of carbonyl (C=O) groups excluding carboxylic acids is 2. The molecule has 6 heteroatoms. The van der Waals surface area contributed by atoms with Crippen molar-refractivity contribution in [1.29, 1.82) is 0 Å². The first-order chi connectivity index (χ1) is 14.0. The summed E-state index contributed by atoms with van der Waals surface area (Å²) in [5.41, 5.74) is 3.32. The number of Topliss-reactive ketones (excluding diaryl/α,β-unsaturated/α-hetero) is 1. The van der Waals surface area contributed by atoms with Crippen LogP contribution in [0.4, 0.5) is 0 Å². The number of nitrogens with zero attached hydrogens (tertiary/aromatic N) is 2. The topological polar surface area (TPSA) is 68.7 Å². The zero-order chi connectivity index (χ0) is 20.4. The van der Waals surface area contributed by atoms with Crippen LogP contribution in [0.3, 0.4) is 0 Å². The van der Waals surface area contributed by atoms with Crippen molar-refractivity contribution in [3.63, 3.8) is 0 Å². The number of hydrogen-bond acceptors (Lipinski definition) is 5. The summed E-state index contributed by atoms with van der Waals surface area (Å²) in [5, 5.41) is 0. The first-order valence-corrected chi connectivity index (χ1v) is 10.1. The standard InChI is InChI=1S/C23H26N2O4/c1-15-3-5-21(16(2)24-15)28-13-17-7-9-25(10-8-17)23(27)18-4-6-22-19(11-18)12-20(26)14-29-22/h3-6,11,17H,7-10,12-14H2,1-2H3. The molecule has 0 aliphatic carbocycles. The Bertz CT molecular complexity index is 932. The number of likely N-dealkylation sites (tertiary alicyclic amines) is 1. The van der Waals surface area contributed by atoms with Gasteiger partial charge >= 0.3 is 0 Å². The van der Waals surface area contributed by atoms with Crippen LogP contribution in [0.25, 0.3) is 0 Å². The van der Waals surface area contributed by atoms with Crippen LogP contribution in [-0.2, 0) is 11.2 Å². The molecule has 0 N–H and O–H groups in total. The predicted molar refractivity (Wildman–Crippen MR) is 108 cm³/mol. The van der Waals surface area contributed by atoms with Gasteiger partial charge in [-0.25, -0.2) is 0 Å². The molecule has 2 aromatic rings. The molecule has 3 heterocycles. The van der Waals surface area contributed by atoms with Crippen molar-refractivity contribution in [3.8, 4) is 11.5 Å². The Morgan fingerprint density at radius 1 is 1.21 bits per heavy atom. The van der Waals surface area contributed by atoms with E-state index in [9.17, 15) is 9.59 Å². The number of piperidine rings is 1. The van der Waals surface area contributed by atoms with E-state index in [4.69, 9.17) is 9.47 Å². The molecule has 1 fully saturated rings. The Kier molecular flexibility index (Phi) is 5.51. The van der Waals surface area contributed by atoms with E-state index in [1.165, 1.54) is 0 Å². The van der Waals surface area contributed by atoms with E-state index in [-0.39, 0.29) is 18.3 Å². The number of aromatic nitrogens is 1. The second kappa shape index (κ2) is 8.23. The Hall–Kier alpha value is -2.89. The lowest BCUT2D eigenvalue weighted by Crippen LogP contribution is -2.39. The van der Waals surface area contributed by atoms with Gasteiger partial charge in [0.25, 0.3) is 5.91 Å². The molecule has 1 amide bonds. The lowest BCUT2D eigenvalue weighted by molar-refractivity contribution is -0.121. The maximum atomic E-state index is 12.9. The van der Waals surface area contributed by atoms with Crippen LogP contribution in [0.5, 0.6) is 11.5 Å². The van der Waals surface area contributed by atoms with Crippen molar-refractivity contribution < 1.29 is 19.1 Å². The highest BCUT2D eigenvalue weighted by molar-refractivity contribution is 5.95. The van der Waals surface area contributed by atoms with Crippen molar-refractivity contribution in [1.82, 2.24) is 9.88 Å². The maximum Gasteiger partial charge on any atom is 0.253 e. The lowest BCUT2D eigenvalue weighted by Gasteiger charge is -2.32. The van der Waals surface area contributed by atoms with Crippen molar-refractivity contribution in [2.24, 2.45) is 5.92 Å². The summed E-state index contributed by atoms with van der Waals surface area (Å²) in [6.45, 7) is 6.12. The maximum absolute atomic E-state index is 12.9. The number of carbonyl (C=O) groups is 2. The van der Waals surface area contributed by atoms with Gasteiger partial charge in [-0.1, -0.05) is 0 Å². The summed E-state index contributed by atoms with van der Waals surface area (Å²) in [6.07, 6.45) is 2.16. The van der Waals surface area contributed by atoms with Crippen LogP contribution in [-0.4, -0.2) is 47.9 Å². The predicted octanol–water partition coefficient (Wildman–Crippen LogP) is 3.13. The van der Waals surface area contributed by atoms with Gasteiger partial charge < -0.3 is 14.4 Å². The molecule has 1 aromatic heterocycles. The van der Waals surface area contributed by atoms with Gasteiger partial charge in [0.05, 0.1) is 12.3 Å². The average molecular weight is 394 g/mol. The second-order valence-electron chi connectivity index (χ2n) is 7.91. The van der Waals surface area contributed by atoms with Gasteiger partial charge in [-0.2, -0.15) is 0 Å². The molecule has 4 rings (SSSR count). The third-order valence-corrected chi connectivity index (χ3v) is 5.64. The molecule has 0 atom stereocenters. The monoisotopic (exact) mass is 394 g/mol. The van der Waals surface area contributed by atoms with Crippen LogP contribution in [0, 0.1) is 19.8 Å². The largest absolute Gasteiger partial charge is 0.491 e.